The highest BCUT2D eigenvalue weighted by molar-refractivity contribution is 5.78. The third-order valence-electron chi connectivity index (χ3n) is 5.96. The van der Waals surface area contributed by atoms with Crippen molar-refractivity contribution in [1.82, 2.24) is 14.9 Å². The van der Waals surface area contributed by atoms with Crippen molar-refractivity contribution in [1.29, 1.82) is 0 Å². The van der Waals surface area contributed by atoms with Crippen LogP contribution in [0.5, 0.6) is 0 Å². The van der Waals surface area contributed by atoms with Crippen LogP contribution in [0.2, 0.25) is 0 Å². The summed E-state index contributed by atoms with van der Waals surface area (Å²) in [6.07, 6.45) is 3.99. The van der Waals surface area contributed by atoms with Gasteiger partial charge in [-0.1, -0.05) is 42.5 Å². The number of piperidine rings is 1. The summed E-state index contributed by atoms with van der Waals surface area (Å²) >= 11 is 0. The monoisotopic (exact) mass is 434 g/mol. The van der Waals surface area contributed by atoms with Crippen LogP contribution in [-0.2, 0) is 17.8 Å². The van der Waals surface area contributed by atoms with Crippen molar-refractivity contribution in [2.24, 2.45) is 0 Å². The van der Waals surface area contributed by atoms with Gasteiger partial charge in [-0.15, -0.1) is 0 Å². The van der Waals surface area contributed by atoms with E-state index in [1.807, 2.05) is 54.6 Å². The second-order valence-corrected chi connectivity index (χ2v) is 8.32. The van der Waals surface area contributed by atoms with Gasteiger partial charge in [-0.2, -0.15) is 0 Å². The molecule has 7 heteroatoms. The number of nitrogens with one attached hydrogen (secondary N) is 1. The van der Waals surface area contributed by atoms with Crippen LogP contribution in [0.25, 0.3) is 11.0 Å². The first kappa shape index (κ1) is 22.0. The molecule has 2 aromatic carbocycles. The molecule has 0 spiro atoms. The maximum atomic E-state index is 13.3. The van der Waals surface area contributed by atoms with Gasteiger partial charge in [0, 0.05) is 26.1 Å². The van der Waals surface area contributed by atoms with Crippen molar-refractivity contribution in [3.05, 3.63) is 70.5 Å². The van der Waals surface area contributed by atoms with Crippen molar-refractivity contribution in [2.75, 3.05) is 24.6 Å². The standard InChI is InChI=1S/C25H30N4O3/c30-18-20(17-19-9-3-1-4-10-19)26-23(31)13-16-29-22-12-6-5-11-21(22)27-24(25(29)32)28-14-7-2-8-15-28/h1,3-6,9-12,20,30H,2,7-8,13-18H2,(H,26,31). The van der Waals surface area contributed by atoms with Gasteiger partial charge in [0.25, 0.3) is 5.56 Å². The van der Waals surface area contributed by atoms with E-state index in [4.69, 9.17) is 0 Å². The van der Waals surface area contributed by atoms with Crippen LogP contribution in [0.3, 0.4) is 0 Å². The first-order valence-corrected chi connectivity index (χ1v) is 11.3. The summed E-state index contributed by atoms with van der Waals surface area (Å²) in [7, 11) is 0. The normalized spacial score (nSPS) is 15.0. The lowest BCUT2D eigenvalue weighted by Crippen LogP contribution is -2.40. The summed E-state index contributed by atoms with van der Waals surface area (Å²) in [5.41, 5.74) is 2.38. The molecule has 1 saturated heterocycles. The topological polar surface area (TPSA) is 87.5 Å². The van der Waals surface area contributed by atoms with Gasteiger partial charge < -0.3 is 19.9 Å². The molecule has 0 aliphatic carbocycles. The Morgan fingerprint density at radius 3 is 2.50 bits per heavy atom. The van der Waals surface area contributed by atoms with Crippen LogP contribution in [0.1, 0.15) is 31.2 Å². The quantitative estimate of drug-likeness (QED) is 0.569. The number of nitrogens with zero attached hydrogens (tertiary/aromatic N) is 3. The number of hydrogen-bond acceptors (Lipinski definition) is 5. The van der Waals surface area contributed by atoms with E-state index < -0.39 is 0 Å². The van der Waals surface area contributed by atoms with Crippen LogP contribution in [0, 0.1) is 0 Å². The molecule has 1 aliphatic heterocycles. The van der Waals surface area contributed by atoms with Gasteiger partial charge in [-0.25, -0.2) is 4.98 Å². The summed E-state index contributed by atoms with van der Waals surface area (Å²) in [6.45, 7) is 1.79. The van der Waals surface area contributed by atoms with E-state index in [1.165, 1.54) is 6.42 Å². The summed E-state index contributed by atoms with van der Waals surface area (Å²) in [6, 6.07) is 16.9. The number of aliphatic hydroxyl groups is 1. The Hall–Kier alpha value is -3.19. The van der Waals surface area contributed by atoms with Gasteiger partial charge in [-0.05, 0) is 43.4 Å². The number of aromatic nitrogens is 2. The van der Waals surface area contributed by atoms with Gasteiger partial charge in [0.2, 0.25) is 5.91 Å². The fourth-order valence-electron chi connectivity index (χ4n) is 4.29. The van der Waals surface area contributed by atoms with Crippen LogP contribution in [0.15, 0.2) is 59.4 Å². The number of aliphatic hydroxyl groups excluding tert-OH is 1. The summed E-state index contributed by atoms with van der Waals surface area (Å²) in [5.74, 6) is 0.286. The molecular formula is C25H30N4O3. The van der Waals surface area contributed by atoms with Crippen molar-refractivity contribution in [3.63, 3.8) is 0 Å². The van der Waals surface area contributed by atoms with E-state index in [9.17, 15) is 14.7 Å². The van der Waals surface area contributed by atoms with Crippen molar-refractivity contribution in [3.8, 4) is 0 Å². The predicted octanol–water partition coefficient (Wildman–Crippen LogP) is 2.50. The molecule has 7 nitrogen and oxygen atoms in total. The highest BCUT2D eigenvalue weighted by Crippen LogP contribution is 2.18. The maximum absolute atomic E-state index is 13.3. The fraction of sp³-hybridized carbons (Fsp3) is 0.400. The van der Waals surface area contributed by atoms with Gasteiger partial charge >= 0.3 is 0 Å². The Kier molecular flexibility index (Phi) is 7.17. The van der Waals surface area contributed by atoms with Gasteiger partial charge in [0.05, 0.1) is 23.7 Å². The van der Waals surface area contributed by atoms with Crippen LogP contribution in [-0.4, -0.2) is 46.3 Å². The minimum atomic E-state index is -0.361. The van der Waals surface area contributed by atoms with Crippen molar-refractivity contribution < 1.29 is 9.90 Å². The molecule has 2 N–H and O–H groups in total. The molecule has 32 heavy (non-hydrogen) atoms. The number of benzene rings is 2. The molecule has 0 saturated carbocycles. The van der Waals surface area contributed by atoms with Gasteiger partial charge in [0.15, 0.2) is 5.82 Å². The predicted molar refractivity (Wildman–Crippen MR) is 126 cm³/mol. The molecule has 1 aromatic heterocycles. The Morgan fingerprint density at radius 1 is 1.03 bits per heavy atom. The van der Waals surface area contributed by atoms with E-state index in [2.05, 4.69) is 15.2 Å². The third-order valence-corrected chi connectivity index (χ3v) is 5.96. The molecule has 1 fully saturated rings. The molecular weight excluding hydrogens is 404 g/mol. The number of fused-ring (bicyclic) bond motifs is 1. The Labute approximate surface area is 187 Å². The second-order valence-electron chi connectivity index (χ2n) is 8.32. The first-order chi connectivity index (χ1) is 15.7. The summed E-state index contributed by atoms with van der Waals surface area (Å²) < 4.78 is 1.66. The van der Waals surface area contributed by atoms with Crippen LogP contribution >= 0.6 is 0 Å². The zero-order valence-corrected chi connectivity index (χ0v) is 18.2. The molecule has 4 rings (SSSR count). The number of carbonyl (C=O) groups excluding carboxylic acids is 1. The summed E-state index contributed by atoms with van der Waals surface area (Å²) in [5, 5.41) is 12.6. The lowest BCUT2D eigenvalue weighted by Gasteiger charge is -2.28. The van der Waals surface area contributed by atoms with E-state index in [0.29, 0.717) is 12.2 Å². The van der Waals surface area contributed by atoms with E-state index >= 15 is 0 Å². The van der Waals surface area contributed by atoms with Crippen LogP contribution in [0.4, 0.5) is 5.82 Å². The minimum absolute atomic E-state index is 0.141. The van der Waals surface area contributed by atoms with Crippen LogP contribution < -0.4 is 15.8 Å². The van der Waals surface area contributed by atoms with E-state index in [0.717, 1.165) is 42.5 Å². The van der Waals surface area contributed by atoms with Gasteiger partial charge in [0.1, 0.15) is 0 Å². The number of para-hydroxylation sites is 2. The van der Waals surface area contributed by atoms with Crippen molar-refractivity contribution >= 4 is 22.8 Å². The number of amides is 1. The number of aryl methyl sites for hydroxylation is 1. The maximum Gasteiger partial charge on any atom is 0.294 e. The molecule has 2 heterocycles. The van der Waals surface area contributed by atoms with E-state index in [1.54, 1.807) is 4.57 Å². The largest absolute Gasteiger partial charge is 0.394 e. The Morgan fingerprint density at radius 2 is 1.75 bits per heavy atom. The molecule has 1 aliphatic rings. The van der Waals surface area contributed by atoms with E-state index in [-0.39, 0.29) is 37.1 Å². The lowest BCUT2D eigenvalue weighted by molar-refractivity contribution is -0.122. The Bertz CT molecular complexity index is 1110. The molecule has 1 amide bonds. The smallest absolute Gasteiger partial charge is 0.294 e. The fourth-order valence-corrected chi connectivity index (χ4v) is 4.29. The molecule has 1 unspecified atom stereocenters. The second kappa shape index (κ2) is 10.4. The number of hydrogen-bond donors (Lipinski definition) is 2. The zero-order chi connectivity index (χ0) is 22.3. The first-order valence-electron chi connectivity index (χ1n) is 11.3. The van der Waals surface area contributed by atoms with Crippen molar-refractivity contribution in [2.45, 2.75) is 44.7 Å². The molecule has 168 valence electrons. The number of carbonyl (C=O) groups is 1. The third kappa shape index (κ3) is 5.16. The lowest BCUT2D eigenvalue weighted by atomic mass is 10.1. The number of anilines is 1. The Balaban J connectivity index is 1.50. The molecule has 1 atom stereocenters. The zero-order valence-electron chi connectivity index (χ0n) is 18.2. The van der Waals surface area contributed by atoms with Gasteiger partial charge in [-0.3, -0.25) is 9.59 Å². The average molecular weight is 435 g/mol. The molecule has 0 bridgehead atoms. The summed E-state index contributed by atoms with van der Waals surface area (Å²) in [4.78, 5) is 32.7. The highest BCUT2D eigenvalue weighted by Gasteiger charge is 2.20. The number of rotatable bonds is 8. The SMILES string of the molecule is O=C(CCn1c(=O)c(N2CCCCC2)nc2ccccc21)NC(CO)Cc1ccccc1. The highest BCUT2D eigenvalue weighted by atomic mass is 16.3. The molecule has 0 radical (unpaired) electrons. The molecule has 3 aromatic rings. The minimum Gasteiger partial charge on any atom is -0.394 e. The average Bonchev–Trinajstić information content (AvgIpc) is 2.84.